The highest BCUT2D eigenvalue weighted by Crippen LogP contribution is 2.44. The quantitative estimate of drug-likeness (QED) is 0.664. The van der Waals surface area contributed by atoms with Crippen LogP contribution in [-0.4, -0.2) is 35.4 Å². The lowest BCUT2D eigenvalue weighted by molar-refractivity contribution is -0.160. The summed E-state index contributed by atoms with van der Waals surface area (Å²) in [6, 6.07) is 3.93. The number of methoxy groups -OCH3 is 1. The highest BCUT2D eigenvalue weighted by Gasteiger charge is 2.61. The van der Waals surface area contributed by atoms with Gasteiger partial charge in [-0.3, -0.25) is 19.9 Å². The Bertz CT molecular complexity index is 547. The Kier molecular flexibility index (Phi) is 3.09. The zero-order valence-electron chi connectivity index (χ0n) is 11.7. The van der Waals surface area contributed by atoms with Gasteiger partial charge < -0.3 is 4.74 Å². The second kappa shape index (κ2) is 4.66. The fourth-order valence-electron chi connectivity index (χ4n) is 3.38. The number of pyridine rings is 1. The van der Waals surface area contributed by atoms with E-state index < -0.39 is 5.54 Å². The molecule has 1 aromatic rings. The third kappa shape index (κ3) is 1.85. The van der Waals surface area contributed by atoms with Gasteiger partial charge in [-0.15, -0.1) is 0 Å². The number of hydrogen-bond acceptors (Lipinski definition) is 5. The Labute approximate surface area is 117 Å². The predicted octanol–water partition coefficient (Wildman–Crippen LogP) is 1.26. The van der Waals surface area contributed by atoms with Crippen LogP contribution in [0.2, 0.25) is 0 Å². The Hall–Kier alpha value is -1.75. The first-order chi connectivity index (χ1) is 9.56. The number of esters is 1. The molecule has 1 unspecified atom stereocenters. The second-order valence-corrected chi connectivity index (χ2v) is 5.72. The monoisotopic (exact) mass is 274 g/mol. The summed E-state index contributed by atoms with van der Waals surface area (Å²) in [4.78, 5) is 28.9. The Morgan fingerprint density at radius 3 is 2.75 bits per heavy atom. The number of hydrogen-bond donors (Lipinski definition) is 1. The van der Waals surface area contributed by atoms with Gasteiger partial charge in [-0.25, -0.2) is 0 Å². The normalized spacial score (nSPS) is 31.3. The summed E-state index contributed by atoms with van der Waals surface area (Å²) >= 11 is 0. The average molecular weight is 274 g/mol. The van der Waals surface area contributed by atoms with E-state index in [1.807, 2.05) is 13.0 Å². The van der Waals surface area contributed by atoms with Crippen LogP contribution in [0.25, 0.3) is 0 Å². The molecule has 3 fully saturated rings. The van der Waals surface area contributed by atoms with Crippen LogP contribution in [0.1, 0.15) is 35.3 Å². The highest BCUT2D eigenvalue weighted by molar-refractivity contribution is 6.01. The Morgan fingerprint density at radius 1 is 1.40 bits per heavy atom. The number of fused-ring (bicyclic) bond motifs is 2. The first-order valence-electron chi connectivity index (χ1n) is 6.90. The van der Waals surface area contributed by atoms with E-state index in [0.717, 1.165) is 12.0 Å². The van der Waals surface area contributed by atoms with Gasteiger partial charge in [-0.1, -0.05) is 6.07 Å². The fourth-order valence-corrected chi connectivity index (χ4v) is 3.38. The number of rotatable bonds is 3. The molecule has 5 nitrogen and oxygen atoms in total. The molecule has 2 saturated heterocycles. The molecular weight excluding hydrogens is 256 g/mol. The van der Waals surface area contributed by atoms with Crippen molar-refractivity contribution in [2.45, 2.75) is 37.8 Å². The lowest BCUT2D eigenvalue weighted by Crippen LogP contribution is -2.75. The molecule has 0 amide bonds. The summed E-state index contributed by atoms with van der Waals surface area (Å²) in [5.41, 5.74) is 0.604. The van der Waals surface area contributed by atoms with E-state index in [9.17, 15) is 9.59 Å². The molecule has 1 saturated carbocycles. The first-order valence-corrected chi connectivity index (χ1v) is 6.90. The van der Waals surface area contributed by atoms with E-state index >= 15 is 0 Å². The molecule has 1 N–H and O–H groups in total. The molecule has 106 valence electrons. The van der Waals surface area contributed by atoms with Crippen LogP contribution in [0.3, 0.4) is 0 Å². The molecule has 4 rings (SSSR count). The van der Waals surface area contributed by atoms with E-state index in [-0.39, 0.29) is 17.7 Å². The van der Waals surface area contributed by atoms with Crippen molar-refractivity contribution in [1.82, 2.24) is 10.3 Å². The smallest absolute Gasteiger partial charge is 0.326 e. The predicted molar refractivity (Wildman–Crippen MR) is 72.3 cm³/mol. The van der Waals surface area contributed by atoms with E-state index in [0.29, 0.717) is 24.6 Å². The van der Waals surface area contributed by atoms with Gasteiger partial charge in [0, 0.05) is 12.2 Å². The first kappa shape index (κ1) is 13.2. The number of ketones is 1. The van der Waals surface area contributed by atoms with Crippen molar-refractivity contribution >= 4 is 11.8 Å². The van der Waals surface area contributed by atoms with Crippen LogP contribution in [0.5, 0.6) is 0 Å². The number of carbonyl (C=O) groups is 2. The minimum Gasteiger partial charge on any atom is -0.468 e. The molecule has 1 aliphatic carbocycles. The number of nitrogens with zero attached hydrogens (tertiary/aromatic N) is 1. The number of aryl methyl sites for hydroxylation is 1. The van der Waals surface area contributed by atoms with Crippen molar-refractivity contribution in [3.8, 4) is 0 Å². The van der Waals surface area contributed by atoms with Crippen molar-refractivity contribution in [2.24, 2.45) is 5.92 Å². The van der Waals surface area contributed by atoms with Gasteiger partial charge in [0.05, 0.1) is 13.0 Å². The minimum atomic E-state index is -0.832. The summed E-state index contributed by atoms with van der Waals surface area (Å²) in [6.07, 6.45) is 3.99. The molecule has 3 heterocycles. The zero-order valence-corrected chi connectivity index (χ0v) is 11.7. The van der Waals surface area contributed by atoms with E-state index in [1.54, 1.807) is 12.3 Å². The topological polar surface area (TPSA) is 68.3 Å². The van der Waals surface area contributed by atoms with Crippen LogP contribution in [0, 0.1) is 12.8 Å². The van der Waals surface area contributed by atoms with E-state index in [1.165, 1.54) is 7.11 Å². The van der Waals surface area contributed by atoms with Gasteiger partial charge in [0.15, 0.2) is 5.78 Å². The van der Waals surface area contributed by atoms with Crippen LogP contribution in [0.4, 0.5) is 0 Å². The van der Waals surface area contributed by atoms with Crippen LogP contribution < -0.4 is 5.32 Å². The van der Waals surface area contributed by atoms with Crippen molar-refractivity contribution in [3.63, 3.8) is 0 Å². The summed E-state index contributed by atoms with van der Waals surface area (Å²) < 4.78 is 4.89. The van der Waals surface area contributed by atoms with E-state index in [4.69, 9.17) is 4.74 Å². The van der Waals surface area contributed by atoms with Gasteiger partial charge in [-0.2, -0.15) is 0 Å². The standard InChI is InChI=1S/C15H18N2O3/c1-9-3-6-12(16-8-9)13(18)11-5-4-10-7-15(11,17-10)14(19)20-2/h3,6,8,10-11,17H,4-5,7H2,1-2H3/t10-,11?,15+/m0/s1. The Morgan fingerprint density at radius 2 is 2.15 bits per heavy atom. The number of carbonyl (C=O) groups excluding carboxylic acids is 2. The van der Waals surface area contributed by atoms with Gasteiger partial charge in [-0.05, 0) is 37.8 Å². The highest BCUT2D eigenvalue weighted by atomic mass is 16.5. The maximum absolute atomic E-state index is 12.7. The molecule has 3 aliphatic rings. The summed E-state index contributed by atoms with van der Waals surface area (Å²) in [7, 11) is 1.37. The number of Topliss-reactive ketones (excluding diaryl/α,β-unsaturated/α-hetero) is 1. The number of nitrogens with one attached hydrogen (secondary N) is 1. The number of ether oxygens (including phenoxy) is 1. The average Bonchev–Trinajstić information content (AvgIpc) is 2.45. The van der Waals surface area contributed by atoms with Crippen LogP contribution in [-0.2, 0) is 9.53 Å². The third-order valence-corrected chi connectivity index (χ3v) is 4.46. The van der Waals surface area contributed by atoms with E-state index in [2.05, 4.69) is 10.3 Å². The maximum atomic E-state index is 12.7. The third-order valence-electron chi connectivity index (χ3n) is 4.46. The molecule has 2 aliphatic heterocycles. The molecule has 5 heteroatoms. The van der Waals surface area contributed by atoms with Crippen molar-refractivity contribution in [2.75, 3.05) is 7.11 Å². The summed E-state index contributed by atoms with van der Waals surface area (Å²) in [5, 5.41) is 3.23. The molecule has 0 radical (unpaired) electrons. The molecular formula is C15H18N2O3. The van der Waals surface area contributed by atoms with Crippen molar-refractivity contribution in [3.05, 3.63) is 29.6 Å². The zero-order chi connectivity index (χ0) is 14.3. The lowest BCUT2D eigenvalue weighted by atomic mass is 9.62. The molecule has 20 heavy (non-hydrogen) atoms. The van der Waals surface area contributed by atoms with Gasteiger partial charge in [0.1, 0.15) is 11.2 Å². The summed E-state index contributed by atoms with van der Waals surface area (Å²) in [6.45, 7) is 1.93. The van der Waals surface area contributed by atoms with Gasteiger partial charge in [0.2, 0.25) is 0 Å². The van der Waals surface area contributed by atoms with Crippen molar-refractivity contribution in [1.29, 1.82) is 0 Å². The largest absolute Gasteiger partial charge is 0.468 e. The lowest BCUT2D eigenvalue weighted by Gasteiger charge is -2.55. The molecule has 2 bridgehead atoms. The molecule has 0 aromatic carbocycles. The van der Waals surface area contributed by atoms with Gasteiger partial charge in [0.25, 0.3) is 0 Å². The van der Waals surface area contributed by atoms with Crippen molar-refractivity contribution < 1.29 is 14.3 Å². The maximum Gasteiger partial charge on any atom is 0.326 e. The van der Waals surface area contributed by atoms with Crippen LogP contribution >= 0.6 is 0 Å². The Balaban J connectivity index is 1.89. The second-order valence-electron chi connectivity index (χ2n) is 5.72. The number of piperidine rings is 1. The summed E-state index contributed by atoms with van der Waals surface area (Å²) in [5.74, 6) is -0.782. The molecule has 3 atom stereocenters. The van der Waals surface area contributed by atoms with Crippen LogP contribution in [0.15, 0.2) is 18.3 Å². The van der Waals surface area contributed by atoms with Gasteiger partial charge >= 0.3 is 5.97 Å². The molecule has 1 aromatic heterocycles. The minimum absolute atomic E-state index is 0.0685. The number of aromatic nitrogens is 1. The molecule has 0 spiro atoms. The SMILES string of the molecule is COC(=O)[C@@]12C[C@H](CCC1C(=O)c1ccc(C)cn1)N2. The fraction of sp³-hybridized carbons (Fsp3) is 0.533.